The Bertz CT molecular complexity index is 238. The van der Waals surface area contributed by atoms with E-state index < -0.39 is 0 Å². The third-order valence-electron chi connectivity index (χ3n) is 2.75. The molecule has 0 aromatic carbocycles. The molecule has 1 heterocycles. The van der Waals surface area contributed by atoms with Crippen molar-refractivity contribution in [3.8, 4) is 0 Å². The van der Waals surface area contributed by atoms with Crippen molar-refractivity contribution < 1.29 is 4.79 Å². The van der Waals surface area contributed by atoms with E-state index in [1.807, 2.05) is 0 Å². The van der Waals surface area contributed by atoms with E-state index in [0.717, 1.165) is 19.6 Å². The first-order valence-electron chi connectivity index (χ1n) is 5.39. The Morgan fingerprint density at radius 2 is 2.40 bits per heavy atom. The molecule has 86 valence electrons. The lowest BCUT2D eigenvalue weighted by molar-refractivity contribution is -0.123. The van der Waals surface area contributed by atoms with Crippen LogP contribution in [-0.4, -0.2) is 49.1 Å². The largest absolute Gasteiger partial charge is 0.352 e. The van der Waals surface area contributed by atoms with Crippen LogP contribution in [0.3, 0.4) is 0 Å². The lowest BCUT2D eigenvalue weighted by Gasteiger charge is -2.42. The normalized spacial score (nSPS) is 20.9. The topological polar surface area (TPSA) is 44.4 Å². The van der Waals surface area contributed by atoms with Crippen LogP contribution in [0.5, 0.6) is 0 Å². The van der Waals surface area contributed by atoms with Crippen molar-refractivity contribution in [3.63, 3.8) is 0 Å². The van der Waals surface area contributed by atoms with Gasteiger partial charge in [0.15, 0.2) is 0 Å². The summed E-state index contributed by atoms with van der Waals surface area (Å²) in [6.07, 6.45) is 1.70. The van der Waals surface area contributed by atoms with Gasteiger partial charge in [-0.05, 0) is 13.8 Å². The second-order valence-corrected chi connectivity index (χ2v) is 4.50. The van der Waals surface area contributed by atoms with Crippen LogP contribution >= 0.6 is 0 Å². The summed E-state index contributed by atoms with van der Waals surface area (Å²) >= 11 is 0. The van der Waals surface area contributed by atoms with Gasteiger partial charge in [0.25, 0.3) is 0 Å². The van der Waals surface area contributed by atoms with Crippen molar-refractivity contribution >= 4 is 5.91 Å². The summed E-state index contributed by atoms with van der Waals surface area (Å²) in [5.74, 6) is 0.0740. The zero-order chi connectivity index (χ0) is 11.3. The standard InChI is InChI=1S/C11H21N3O/c1-4-5-13-10(15)8-14-7-6-12-9-11(14,2)3/h4,12H,1,5-9H2,2-3H3,(H,13,15). The molecule has 1 aliphatic rings. The molecular weight excluding hydrogens is 190 g/mol. The maximum atomic E-state index is 11.5. The molecule has 0 spiro atoms. The molecule has 4 nitrogen and oxygen atoms in total. The summed E-state index contributed by atoms with van der Waals surface area (Å²) in [7, 11) is 0. The number of hydrogen-bond donors (Lipinski definition) is 2. The van der Waals surface area contributed by atoms with Gasteiger partial charge in [-0.15, -0.1) is 6.58 Å². The molecule has 0 aromatic heterocycles. The summed E-state index contributed by atoms with van der Waals surface area (Å²) in [5.41, 5.74) is 0.0593. The molecule has 0 saturated carbocycles. The highest BCUT2D eigenvalue weighted by molar-refractivity contribution is 5.78. The van der Waals surface area contributed by atoms with E-state index in [-0.39, 0.29) is 11.4 Å². The Balaban J connectivity index is 2.41. The summed E-state index contributed by atoms with van der Waals surface area (Å²) < 4.78 is 0. The SMILES string of the molecule is C=CCNC(=O)CN1CCNCC1(C)C. The van der Waals surface area contributed by atoms with Gasteiger partial charge in [-0.25, -0.2) is 0 Å². The highest BCUT2D eigenvalue weighted by atomic mass is 16.2. The van der Waals surface area contributed by atoms with Gasteiger partial charge in [0, 0.05) is 31.7 Å². The van der Waals surface area contributed by atoms with Crippen LogP contribution in [0.2, 0.25) is 0 Å². The Morgan fingerprint density at radius 1 is 1.67 bits per heavy atom. The maximum Gasteiger partial charge on any atom is 0.234 e. The second-order valence-electron chi connectivity index (χ2n) is 4.50. The van der Waals surface area contributed by atoms with E-state index >= 15 is 0 Å². The Labute approximate surface area is 91.7 Å². The van der Waals surface area contributed by atoms with E-state index in [2.05, 4.69) is 36.0 Å². The van der Waals surface area contributed by atoms with Gasteiger partial charge in [-0.1, -0.05) is 6.08 Å². The number of nitrogens with zero attached hydrogens (tertiary/aromatic N) is 1. The first-order valence-corrected chi connectivity index (χ1v) is 5.39. The summed E-state index contributed by atoms with van der Waals surface area (Å²) in [4.78, 5) is 13.7. The van der Waals surface area contributed by atoms with Gasteiger partial charge < -0.3 is 10.6 Å². The maximum absolute atomic E-state index is 11.5. The number of piperazine rings is 1. The van der Waals surface area contributed by atoms with Crippen LogP contribution in [0.15, 0.2) is 12.7 Å². The number of carbonyl (C=O) groups excluding carboxylic acids is 1. The lowest BCUT2D eigenvalue weighted by atomic mass is 10.0. The monoisotopic (exact) mass is 211 g/mol. The molecule has 0 unspecified atom stereocenters. The highest BCUT2D eigenvalue weighted by Crippen LogP contribution is 2.15. The number of amides is 1. The van der Waals surface area contributed by atoms with E-state index in [0.29, 0.717) is 13.1 Å². The molecule has 0 bridgehead atoms. The number of carbonyl (C=O) groups is 1. The third kappa shape index (κ3) is 3.64. The van der Waals surface area contributed by atoms with Crippen LogP contribution < -0.4 is 10.6 Å². The minimum Gasteiger partial charge on any atom is -0.352 e. The quantitative estimate of drug-likeness (QED) is 0.642. The Morgan fingerprint density at radius 3 is 3.00 bits per heavy atom. The van der Waals surface area contributed by atoms with Crippen LogP contribution in [0, 0.1) is 0 Å². The third-order valence-corrected chi connectivity index (χ3v) is 2.75. The van der Waals surface area contributed by atoms with Gasteiger partial charge in [-0.3, -0.25) is 9.69 Å². The number of nitrogens with one attached hydrogen (secondary N) is 2. The van der Waals surface area contributed by atoms with Gasteiger partial charge in [0.1, 0.15) is 0 Å². The van der Waals surface area contributed by atoms with Gasteiger partial charge in [0.2, 0.25) is 5.91 Å². The van der Waals surface area contributed by atoms with E-state index in [4.69, 9.17) is 0 Å². The number of hydrogen-bond acceptors (Lipinski definition) is 3. The zero-order valence-corrected chi connectivity index (χ0v) is 9.68. The average molecular weight is 211 g/mol. The van der Waals surface area contributed by atoms with E-state index in [1.165, 1.54) is 0 Å². The second kappa shape index (κ2) is 5.28. The molecule has 1 rings (SSSR count). The molecular formula is C11H21N3O. The molecule has 0 radical (unpaired) electrons. The van der Waals surface area contributed by atoms with Gasteiger partial charge >= 0.3 is 0 Å². The first-order chi connectivity index (χ1) is 7.06. The fourth-order valence-electron chi connectivity index (χ4n) is 1.73. The summed E-state index contributed by atoms with van der Waals surface area (Å²) in [5, 5.41) is 6.13. The fourth-order valence-corrected chi connectivity index (χ4v) is 1.73. The van der Waals surface area contributed by atoms with Gasteiger partial charge in [0.05, 0.1) is 6.54 Å². The van der Waals surface area contributed by atoms with Crippen molar-refractivity contribution in [2.75, 3.05) is 32.7 Å². The van der Waals surface area contributed by atoms with Crippen LogP contribution in [0.25, 0.3) is 0 Å². The van der Waals surface area contributed by atoms with Crippen LogP contribution in [0.4, 0.5) is 0 Å². The molecule has 4 heteroatoms. The molecule has 0 aliphatic carbocycles. The predicted molar refractivity (Wildman–Crippen MR) is 61.7 cm³/mol. The lowest BCUT2D eigenvalue weighted by Crippen LogP contribution is -2.59. The Hall–Kier alpha value is -0.870. The Kier molecular flexibility index (Phi) is 4.29. The van der Waals surface area contributed by atoms with Gasteiger partial charge in [-0.2, -0.15) is 0 Å². The van der Waals surface area contributed by atoms with Crippen LogP contribution in [-0.2, 0) is 4.79 Å². The molecule has 2 N–H and O–H groups in total. The summed E-state index contributed by atoms with van der Waals surface area (Å²) in [6, 6.07) is 0. The fraction of sp³-hybridized carbons (Fsp3) is 0.727. The molecule has 1 amide bonds. The average Bonchev–Trinajstić information content (AvgIpc) is 2.18. The zero-order valence-electron chi connectivity index (χ0n) is 9.68. The molecule has 0 aromatic rings. The van der Waals surface area contributed by atoms with E-state index in [1.54, 1.807) is 6.08 Å². The minimum absolute atomic E-state index is 0.0593. The smallest absolute Gasteiger partial charge is 0.234 e. The molecule has 0 atom stereocenters. The van der Waals surface area contributed by atoms with Crippen molar-refractivity contribution in [1.29, 1.82) is 0 Å². The van der Waals surface area contributed by atoms with Crippen molar-refractivity contribution in [1.82, 2.24) is 15.5 Å². The van der Waals surface area contributed by atoms with Crippen LogP contribution in [0.1, 0.15) is 13.8 Å². The van der Waals surface area contributed by atoms with Crippen molar-refractivity contribution in [2.45, 2.75) is 19.4 Å². The molecule has 1 aliphatic heterocycles. The molecule has 1 fully saturated rings. The van der Waals surface area contributed by atoms with E-state index in [9.17, 15) is 4.79 Å². The molecule has 1 saturated heterocycles. The molecule has 15 heavy (non-hydrogen) atoms. The predicted octanol–water partition coefficient (Wildman–Crippen LogP) is -0.0276. The van der Waals surface area contributed by atoms with Crippen molar-refractivity contribution in [2.24, 2.45) is 0 Å². The first kappa shape index (κ1) is 12.2. The summed E-state index contributed by atoms with van der Waals surface area (Å²) in [6.45, 7) is 11.7. The van der Waals surface area contributed by atoms with Crippen molar-refractivity contribution in [3.05, 3.63) is 12.7 Å². The highest BCUT2D eigenvalue weighted by Gasteiger charge is 2.30. The minimum atomic E-state index is 0.0593. The number of rotatable bonds is 4.